The summed E-state index contributed by atoms with van der Waals surface area (Å²) in [6, 6.07) is 0. The van der Waals surface area contributed by atoms with Gasteiger partial charge in [-0.2, -0.15) is 0 Å². The molecule has 0 unspecified atom stereocenters. The Morgan fingerprint density at radius 3 is 1.44 bits per heavy atom. The molecule has 0 aliphatic carbocycles. The molecule has 0 atom stereocenters. The van der Waals surface area contributed by atoms with E-state index in [-0.39, 0.29) is 0 Å². The summed E-state index contributed by atoms with van der Waals surface area (Å²) in [5, 5.41) is 0. The molecule has 0 saturated carbocycles. The van der Waals surface area contributed by atoms with Crippen molar-refractivity contribution in [2.45, 2.75) is 13.8 Å². The van der Waals surface area contributed by atoms with Crippen LogP contribution in [0.4, 0.5) is 0 Å². The van der Waals surface area contributed by atoms with Gasteiger partial charge in [-0.25, -0.2) is 0 Å². The van der Waals surface area contributed by atoms with E-state index in [9.17, 15) is 0 Å². The van der Waals surface area contributed by atoms with Crippen LogP contribution in [0, 0.1) is 0 Å². The summed E-state index contributed by atoms with van der Waals surface area (Å²) < 4.78 is 0.826. The number of hydrogen-bond donors (Lipinski definition) is 0. The monoisotopic (exact) mass is 126 g/mol. The molecule has 1 heteroatoms. The lowest BCUT2D eigenvalue weighted by Crippen LogP contribution is -2.25. The molecule has 0 aromatic heterocycles. The van der Waals surface area contributed by atoms with E-state index < -0.39 is 0 Å². The van der Waals surface area contributed by atoms with Gasteiger partial charge in [-0.05, 0) is 26.0 Å². The Bertz CT molecular complexity index is 107. The first-order valence-electron chi connectivity index (χ1n) is 3.23. The van der Waals surface area contributed by atoms with Crippen LogP contribution in [-0.2, 0) is 0 Å². The Morgan fingerprint density at radius 2 is 1.22 bits per heavy atom. The molecule has 0 amide bonds. The standard InChI is InChI=1S/C8H16N/c1-5-7-9(3,4)8-6-2/h5-8H,1-4H3/q+1. The third kappa shape index (κ3) is 3.98. The van der Waals surface area contributed by atoms with Crippen molar-refractivity contribution in [2.24, 2.45) is 0 Å². The van der Waals surface area contributed by atoms with Crippen molar-refractivity contribution in [3.63, 3.8) is 0 Å². The lowest BCUT2D eigenvalue weighted by Gasteiger charge is -2.18. The number of quaternary nitrogens is 1. The first-order chi connectivity index (χ1) is 4.12. The molecule has 0 heterocycles. The number of allylic oxidation sites excluding steroid dienone is 2. The second-order valence-electron chi connectivity index (χ2n) is 2.59. The summed E-state index contributed by atoms with van der Waals surface area (Å²) in [5.41, 5.74) is 0. The third-order valence-electron chi connectivity index (χ3n) is 1.07. The quantitative estimate of drug-likeness (QED) is 0.497. The van der Waals surface area contributed by atoms with Crippen molar-refractivity contribution in [2.75, 3.05) is 14.1 Å². The normalized spacial score (nSPS) is 13.8. The van der Waals surface area contributed by atoms with E-state index in [1.807, 2.05) is 13.8 Å². The highest BCUT2D eigenvalue weighted by atomic mass is 15.3. The van der Waals surface area contributed by atoms with Crippen LogP contribution in [-0.4, -0.2) is 18.6 Å². The highest BCUT2D eigenvalue weighted by Crippen LogP contribution is 1.98. The molecular weight excluding hydrogens is 110 g/mol. The Hall–Kier alpha value is -0.560. The maximum Gasteiger partial charge on any atom is 0.0956 e. The predicted octanol–water partition coefficient (Wildman–Crippen LogP) is 2.13. The van der Waals surface area contributed by atoms with Crippen LogP contribution >= 0.6 is 0 Å². The van der Waals surface area contributed by atoms with Gasteiger partial charge in [0.2, 0.25) is 0 Å². The fourth-order valence-corrected chi connectivity index (χ4v) is 0.818. The highest BCUT2D eigenvalue weighted by Gasteiger charge is 2.01. The van der Waals surface area contributed by atoms with Crippen molar-refractivity contribution in [1.29, 1.82) is 0 Å². The smallest absolute Gasteiger partial charge is 0.0956 e. The molecule has 0 saturated heterocycles. The van der Waals surface area contributed by atoms with Gasteiger partial charge < -0.3 is 0 Å². The maximum absolute atomic E-state index is 2.12. The van der Waals surface area contributed by atoms with Crippen molar-refractivity contribution >= 4 is 0 Å². The third-order valence-corrected chi connectivity index (χ3v) is 1.07. The first-order valence-corrected chi connectivity index (χ1v) is 3.23. The van der Waals surface area contributed by atoms with Gasteiger partial charge in [0.1, 0.15) is 0 Å². The Kier molecular flexibility index (Phi) is 3.25. The summed E-state index contributed by atoms with van der Waals surface area (Å²) in [4.78, 5) is 0. The fourth-order valence-electron chi connectivity index (χ4n) is 0.818. The maximum atomic E-state index is 2.12. The van der Waals surface area contributed by atoms with Gasteiger partial charge >= 0.3 is 0 Å². The molecule has 52 valence electrons. The fraction of sp³-hybridized carbons (Fsp3) is 0.500. The lowest BCUT2D eigenvalue weighted by atomic mass is 10.5. The van der Waals surface area contributed by atoms with Crippen molar-refractivity contribution < 1.29 is 4.48 Å². The molecule has 0 bridgehead atoms. The molecule has 0 aromatic carbocycles. The lowest BCUT2D eigenvalue weighted by molar-refractivity contribution is -0.784. The van der Waals surface area contributed by atoms with Crippen LogP contribution in [0.25, 0.3) is 0 Å². The second-order valence-corrected chi connectivity index (χ2v) is 2.59. The predicted molar refractivity (Wildman–Crippen MR) is 41.7 cm³/mol. The zero-order chi connectivity index (χ0) is 7.33. The summed E-state index contributed by atoms with van der Waals surface area (Å²) in [6.07, 6.45) is 8.36. The molecule has 0 aromatic rings. The van der Waals surface area contributed by atoms with E-state index >= 15 is 0 Å². The largest absolute Gasteiger partial charge is 0.276 e. The molecule has 9 heavy (non-hydrogen) atoms. The molecule has 0 aliphatic rings. The van der Waals surface area contributed by atoms with Crippen LogP contribution in [0.3, 0.4) is 0 Å². The SMILES string of the molecule is CC=C[N+](C)(C)C=CC. The van der Waals surface area contributed by atoms with E-state index in [0.717, 1.165) is 4.48 Å². The minimum absolute atomic E-state index is 0.826. The minimum Gasteiger partial charge on any atom is -0.276 e. The second kappa shape index (κ2) is 3.46. The number of nitrogens with zero attached hydrogens (tertiary/aromatic N) is 1. The molecule has 0 spiro atoms. The molecule has 0 N–H and O–H groups in total. The molecule has 0 fully saturated rings. The van der Waals surface area contributed by atoms with Gasteiger partial charge in [-0.1, -0.05) is 0 Å². The van der Waals surface area contributed by atoms with Gasteiger partial charge in [-0.3, -0.25) is 4.48 Å². The van der Waals surface area contributed by atoms with E-state index in [0.29, 0.717) is 0 Å². The molecular formula is C8H16N+. The van der Waals surface area contributed by atoms with Crippen LogP contribution in [0.15, 0.2) is 24.6 Å². The van der Waals surface area contributed by atoms with Gasteiger partial charge in [-0.15, -0.1) is 0 Å². The Labute approximate surface area is 57.9 Å². The zero-order valence-electron chi connectivity index (χ0n) is 6.76. The van der Waals surface area contributed by atoms with Gasteiger partial charge in [0.05, 0.1) is 26.5 Å². The van der Waals surface area contributed by atoms with E-state index in [2.05, 4.69) is 38.6 Å². The average Bonchev–Trinajstić information content (AvgIpc) is 1.64. The van der Waals surface area contributed by atoms with Crippen molar-refractivity contribution in [1.82, 2.24) is 0 Å². The Morgan fingerprint density at radius 1 is 0.889 bits per heavy atom. The van der Waals surface area contributed by atoms with Crippen LogP contribution < -0.4 is 0 Å². The first kappa shape index (κ1) is 8.44. The van der Waals surface area contributed by atoms with Gasteiger partial charge in [0.25, 0.3) is 0 Å². The summed E-state index contributed by atoms with van der Waals surface area (Å²) in [6.45, 7) is 4.06. The van der Waals surface area contributed by atoms with E-state index in [1.54, 1.807) is 0 Å². The molecule has 0 aliphatic heterocycles. The van der Waals surface area contributed by atoms with Crippen molar-refractivity contribution in [3.05, 3.63) is 24.6 Å². The highest BCUT2D eigenvalue weighted by molar-refractivity contribution is 4.74. The summed E-state index contributed by atoms with van der Waals surface area (Å²) in [7, 11) is 4.25. The van der Waals surface area contributed by atoms with Crippen LogP contribution in [0.1, 0.15) is 13.8 Å². The summed E-state index contributed by atoms with van der Waals surface area (Å²) in [5.74, 6) is 0. The van der Waals surface area contributed by atoms with Crippen LogP contribution in [0.2, 0.25) is 0 Å². The molecule has 0 radical (unpaired) electrons. The topological polar surface area (TPSA) is 0 Å². The van der Waals surface area contributed by atoms with E-state index in [1.165, 1.54) is 0 Å². The minimum atomic E-state index is 0.826. The van der Waals surface area contributed by atoms with Crippen LogP contribution in [0.5, 0.6) is 0 Å². The number of hydrogen-bond acceptors (Lipinski definition) is 0. The van der Waals surface area contributed by atoms with Gasteiger partial charge in [0, 0.05) is 0 Å². The Balaban J connectivity index is 4.01. The van der Waals surface area contributed by atoms with Gasteiger partial charge in [0.15, 0.2) is 0 Å². The average molecular weight is 126 g/mol. The van der Waals surface area contributed by atoms with Crippen molar-refractivity contribution in [3.8, 4) is 0 Å². The van der Waals surface area contributed by atoms with E-state index in [4.69, 9.17) is 0 Å². The molecule has 0 rings (SSSR count). The number of rotatable bonds is 2. The zero-order valence-corrected chi connectivity index (χ0v) is 6.76. The molecule has 1 nitrogen and oxygen atoms in total. The summed E-state index contributed by atoms with van der Waals surface area (Å²) >= 11 is 0.